The van der Waals surface area contributed by atoms with Gasteiger partial charge < -0.3 is 4.74 Å². The molecule has 20 heavy (non-hydrogen) atoms. The molecule has 0 heterocycles. The maximum atomic E-state index is 12.2. The summed E-state index contributed by atoms with van der Waals surface area (Å²) in [6, 6.07) is 10.6. The van der Waals surface area contributed by atoms with Gasteiger partial charge in [0.2, 0.25) is 0 Å². The van der Waals surface area contributed by atoms with E-state index in [0.717, 1.165) is 0 Å². The highest BCUT2D eigenvalue weighted by molar-refractivity contribution is 7.92. The largest absolute Gasteiger partial charge is 0.495 e. The molecule has 4 nitrogen and oxygen atoms in total. The molecule has 0 aromatic heterocycles. The van der Waals surface area contributed by atoms with Crippen molar-refractivity contribution in [1.29, 1.82) is 0 Å². The van der Waals surface area contributed by atoms with E-state index < -0.39 is 10.0 Å². The first-order valence-electron chi connectivity index (χ1n) is 5.54. The molecule has 0 saturated carbocycles. The number of ether oxygens (including phenoxy) is 1. The molecule has 0 amide bonds. The van der Waals surface area contributed by atoms with E-state index in [9.17, 15) is 8.42 Å². The van der Waals surface area contributed by atoms with Crippen molar-refractivity contribution in [2.24, 2.45) is 0 Å². The Labute approximate surface area is 127 Å². The molecule has 0 aliphatic rings. The lowest BCUT2D eigenvalue weighted by molar-refractivity contribution is 0.414. The van der Waals surface area contributed by atoms with Crippen molar-refractivity contribution in [3.8, 4) is 5.75 Å². The summed E-state index contributed by atoms with van der Waals surface area (Å²) < 4.78 is 31.8. The van der Waals surface area contributed by atoms with E-state index in [1.165, 1.54) is 25.3 Å². The van der Waals surface area contributed by atoms with Crippen molar-refractivity contribution in [2.45, 2.75) is 4.90 Å². The molecule has 0 bridgehead atoms. The molecule has 2 aromatic rings. The molecule has 2 aromatic carbocycles. The van der Waals surface area contributed by atoms with Gasteiger partial charge in [0.05, 0.1) is 17.0 Å². The van der Waals surface area contributed by atoms with E-state index in [1.54, 1.807) is 24.3 Å². The molecule has 7 heteroatoms. The Hall–Kier alpha value is -1.43. The molecule has 0 unspecified atom stereocenters. The van der Waals surface area contributed by atoms with Crippen molar-refractivity contribution in [3.05, 3.63) is 52.5 Å². The van der Waals surface area contributed by atoms with E-state index >= 15 is 0 Å². The highest BCUT2D eigenvalue weighted by Gasteiger charge is 2.16. The minimum atomic E-state index is -3.71. The molecule has 0 fully saturated rings. The third kappa shape index (κ3) is 3.36. The van der Waals surface area contributed by atoms with E-state index in [-0.39, 0.29) is 9.92 Å². The van der Waals surface area contributed by atoms with Crippen molar-refractivity contribution in [2.75, 3.05) is 11.8 Å². The predicted octanol–water partition coefficient (Wildman–Crippen LogP) is 3.80. The smallest absolute Gasteiger partial charge is 0.261 e. The zero-order valence-corrected chi connectivity index (χ0v) is 12.8. The lowest BCUT2D eigenvalue weighted by Gasteiger charge is -2.09. The quantitative estimate of drug-likeness (QED) is 0.926. The van der Waals surface area contributed by atoms with Gasteiger partial charge in [-0.2, -0.15) is 0 Å². The van der Waals surface area contributed by atoms with Gasteiger partial charge in [-0.3, -0.25) is 4.72 Å². The lowest BCUT2D eigenvalue weighted by atomic mass is 10.3. The Morgan fingerprint density at radius 1 is 1.05 bits per heavy atom. The fourth-order valence-electron chi connectivity index (χ4n) is 1.55. The molecule has 0 radical (unpaired) electrons. The summed E-state index contributed by atoms with van der Waals surface area (Å²) in [7, 11) is -2.25. The topological polar surface area (TPSA) is 55.4 Å². The van der Waals surface area contributed by atoms with Crippen LogP contribution in [0.5, 0.6) is 5.75 Å². The fraction of sp³-hybridized carbons (Fsp3) is 0.0769. The molecular formula is C13H11Cl2NO3S. The van der Waals surface area contributed by atoms with Crippen LogP contribution >= 0.6 is 23.2 Å². The molecule has 1 N–H and O–H groups in total. The molecule has 0 aliphatic heterocycles. The van der Waals surface area contributed by atoms with Gasteiger partial charge >= 0.3 is 0 Å². The van der Waals surface area contributed by atoms with Crippen LogP contribution in [0.25, 0.3) is 0 Å². The van der Waals surface area contributed by atoms with Crippen LogP contribution in [-0.4, -0.2) is 15.5 Å². The standard InChI is InChI=1S/C13H11Cl2NO3S/c1-19-13-7-6-11(8-12(13)15)20(17,18)16-10-4-2-9(14)3-5-10/h2-8,16H,1H3. The fourth-order valence-corrected chi connectivity index (χ4v) is 3.08. The first-order valence-corrected chi connectivity index (χ1v) is 7.78. The molecule has 0 spiro atoms. The number of rotatable bonds is 4. The van der Waals surface area contributed by atoms with Gasteiger partial charge in [0, 0.05) is 10.7 Å². The summed E-state index contributed by atoms with van der Waals surface area (Å²) in [4.78, 5) is 0.0539. The summed E-state index contributed by atoms with van der Waals surface area (Å²) in [5.41, 5.74) is 0.418. The summed E-state index contributed by atoms with van der Waals surface area (Å²) >= 11 is 11.7. The number of anilines is 1. The normalized spacial score (nSPS) is 11.2. The first-order chi connectivity index (χ1) is 9.42. The van der Waals surface area contributed by atoms with Gasteiger partial charge in [-0.15, -0.1) is 0 Å². The zero-order chi connectivity index (χ0) is 14.8. The van der Waals surface area contributed by atoms with Gasteiger partial charge in [0.25, 0.3) is 10.0 Å². The summed E-state index contributed by atoms with van der Waals surface area (Å²) in [6.45, 7) is 0. The van der Waals surface area contributed by atoms with Crippen molar-refractivity contribution in [1.82, 2.24) is 0 Å². The Morgan fingerprint density at radius 3 is 2.25 bits per heavy atom. The lowest BCUT2D eigenvalue weighted by Crippen LogP contribution is -2.12. The Kier molecular flexibility index (Phi) is 4.42. The van der Waals surface area contributed by atoms with Gasteiger partial charge in [-0.25, -0.2) is 8.42 Å². The van der Waals surface area contributed by atoms with Gasteiger partial charge in [-0.05, 0) is 42.5 Å². The SMILES string of the molecule is COc1ccc(S(=O)(=O)Nc2ccc(Cl)cc2)cc1Cl. The van der Waals surface area contributed by atoms with Crippen LogP contribution < -0.4 is 9.46 Å². The third-order valence-electron chi connectivity index (χ3n) is 2.53. The van der Waals surface area contributed by atoms with E-state index in [0.29, 0.717) is 16.5 Å². The molecule has 0 aliphatic carbocycles. The van der Waals surface area contributed by atoms with E-state index in [4.69, 9.17) is 27.9 Å². The molecular weight excluding hydrogens is 321 g/mol. The third-order valence-corrected chi connectivity index (χ3v) is 4.46. The second-order valence-corrected chi connectivity index (χ2v) is 6.43. The monoisotopic (exact) mass is 331 g/mol. The van der Waals surface area contributed by atoms with Gasteiger partial charge in [0.15, 0.2) is 0 Å². The number of hydrogen-bond donors (Lipinski definition) is 1. The van der Waals surface area contributed by atoms with E-state index in [1.807, 2.05) is 0 Å². The van der Waals surface area contributed by atoms with Gasteiger partial charge in [0.1, 0.15) is 5.75 Å². The van der Waals surface area contributed by atoms with Crippen LogP contribution in [0.1, 0.15) is 0 Å². The minimum absolute atomic E-state index is 0.0539. The first kappa shape index (κ1) is 15.0. The number of sulfonamides is 1. The maximum absolute atomic E-state index is 12.2. The summed E-state index contributed by atoms with van der Waals surface area (Å²) in [5, 5.41) is 0.756. The number of benzene rings is 2. The summed E-state index contributed by atoms with van der Waals surface area (Å²) in [6.07, 6.45) is 0. The number of nitrogens with one attached hydrogen (secondary N) is 1. The minimum Gasteiger partial charge on any atom is -0.495 e. The Balaban J connectivity index is 2.30. The second kappa shape index (κ2) is 5.91. The highest BCUT2D eigenvalue weighted by Crippen LogP contribution is 2.28. The van der Waals surface area contributed by atoms with Crippen LogP contribution in [0.15, 0.2) is 47.4 Å². The predicted molar refractivity (Wildman–Crippen MR) is 80.3 cm³/mol. The van der Waals surface area contributed by atoms with Crippen molar-refractivity contribution >= 4 is 38.9 Å². The van der Waals surface area contributed by atoms with Crippen LogP contribution in [0.3, 0.4) is 0 Å². The second-order valence-electron chi connectivity index (χ2n) is 3.91. The van der Waals surface area contributed by atoms with Crippen LogP contribution in [0.4, 0.5) is 5.69 Å². The van der Waals surface area contributed by atoms with Crippen LogP contribution in [0, 0.1) is 0 Å². The molecule has 2 rings (SSSR count). The molecule has 106 valence electrons. The molecule has 0 saturated heterocycles. The number of methoxy groups -OCH3 is 1. The zero-order valence-electron chi connectivity index (χ0n) is 10.4. The van der Waals surface area contributed by atoms with Crippen molar-refractivity contribution < 1.29 is 13.2 Å². The average Bonchev–Trinajstić information content (AvgIpc) is 2.41. The van der Waals surface area contributed by atoms with Crippen LogP contribution in [-0.2, 0) is 10.0 Å². The maximum Gasteiger partial charge on any atom is 0.261 e. The van der Waals surface area contributed by atoms with Gasteiger partial charge in [-0.1, -0.05) is 23.2 Å². The Bertz CT molecular complexity index is 715. The Morgan fingerprint density at radius 2 is 1.70 bits per heavy atom. The number of hydrogen-bond acceptors (Lipinski definition) is 3. The number of halogens is 2. The van der Waals surface area contributed by atoms with Crippen LogP contribution in [0.2, 0.25) is 10.0 Å². The van der Waals surface area contributed by atoms with Crippen molar-refractivity contribution in [3.63, 3.8) is 0 Å². The van der Waals surface area contributed by atoms with E-state index in [2.05, 4.69) is 4.72 Å². The summed E-state index contributed by atoms with van der Waals surface area (Å²) in [5.74, 6) is 0.414. The molecule has 0 atom stereocenters. The highest BCUT2D eigenvalue weighted by atomic mass is 35.5. The average molecular weight is 332 g/mol.